The Hall–Kier alpha value is -3.96. The van der Waals surface area contributed by atoms with Gasteiger partial charge in [-0.3, -0.25) is 9.59 Å². The van der Waals surface area contributed by atoms with E-state index >= 15 is 0 Å². The molecule has 0 saturated heterocycles. The Morgan fingerprint density at radius 3 is 1.26 bits per heavy atom. The van der Waals surface area contributed by atoms with Crippen LogP contribution in [0.3, 0.4) is 0 Å². The maximum atomic E-state index is 13.2. The van der Waals surface area contributed by atoms with Gasteiger partial charge >= 0.3 is 11.9 Å². The first kappa shape index (κ1) is 31.3. The number of amides is 2. The van der Waals surface area contributed by atoms with Crippen LogP contribution in [0.15, 0.2) is 48.5 Å². The van der Waals surface area contributed by atoms with E-state index in [-0.39, 0.29) is 36.2 Å². The average Bonchev–Trinajstić information content (AvgIpc) is 2.88. The van der Waals surface area contributed by atoms with E-state index in [2.05, 4.69) is 10.6 Å². The zero-order chi connectivity index (χ0) is 29.3. The molecule has 2 aromatic carbocycles. The maximum absolute atomic E-state index is 13.2. The molecule has 8 N–H and O–H groups in total. The molecule has 212 valence electrons. The molecule has 0 spiro atoms. The number of phenolic OH excluding ortho intramolecular Hbond substituents is 2. The number of nitrogens with one attached hydrogen (secondary N) is 2. The molecule has 2 aromatic rings. The fourth-order valence-corrected chi connectivity index (χ4v) is 3.50. The summed E-state index contributed by atoms with van der Waals surface area (Å²) in [4.78, 5) is 51.6. The predicted octanol–water partition coefficient (Wildman–Crippen LogP) is 0.889. The number of aromatic hydroxyl groups is 2. The van der Waals surface area contributed by atoms with Crippen LogP contribution in [0.5, 0.6) is 11.5 Å². The van der Waals surface area contributed by atoms with Gasteiger partial charge in [-0.15, -0.1) is 0 Å². The summed E-state index contributed by atoms with van der Waals surface area (Å²) in [6, 6.07) is 7.57. The minimum atomic E-state index is -1.28. The van der Waals surface area contributed by atoms with E-state index in [0.29, 0.717) is 11.1 Å². The van der Waals surface area contributed by atoms with Crippen molar-refractivity contribution >= 4 is 23.8 Å². The molecule has 0 radical (unpaired) electrons. The second kappa shape index (κ2) is 14.3. The number of ether oxygens (including phenoxy) is 1. The van der Waals surface area contributed by atoms with Crippen LogP contribution in [0.4, 0.5) is 0 Å². The van der Waals surface area contributed by atoms with Gasteiger partial charge < -0.3 is 37.1 Å². The summed E-state index contributed by atoms with van der Waals surface area (Å²) in [5, 5.41) is 24.2. The molecule has 11 nitrogen and oxygen atoms in total. The number of hydrogen-bond donors (Lipinski definition) is 6. The Bertz CT molecular complexity index is 1040. The molecule has 2 rings (SSSR count). The average molecular weight is 543 g/mol. The number of carbonyl (C=O) groups is 4. The van der Waals surface area contributed by atoms with Crippen molar-refractivity contribution in [2.45, 2.75) is 64.7 Å². The van der Waals surface area contributed by atoms with Gasteiger partial charge in [-0.2, -0.15) is 0 Å². The summed E-state index contributed by atoms with van der Waals surface area (Å²) in [6.45, 7) is 7.00. The third-order valence-electron chi connectivity index (χ3n) is 6.20. The van der Waals surface area contributed by atoms with Gasteiger partial charge in [0.25, 0.3) is 0 Å². The highest BCUT2D eigenvalue weighted by Gasteiger charge is 2.32. The lowest BCUT2D eigenvalue weighted by molar-refractivity contribution is -0.164. The number of phenols is 2. The number of esters is 2. The molecule has 0 bridgehead atoms. The molecule has 0 aliphatic rings. The van der Waals surface area contributed by atoms with Gasteiger partial charge in [0.2, 0.25) is 11.8 Å². The Labute approximate surface area is 227 Å². The van der Waals surface area contributed by atoms with Crippen molar-refractivity contribution in [3.8, 4) is 11.5 Å². The number of rotatable bonds is 12. The first-order valence-corrected chi connectivity index (χ1v) is 12.7. The van der Waals surface area contributed by atoms with Gasteiger partial charge in [0.15, 0.2) is 0 Å². The van der Waals surface area contributed by atoms with Crippen LogP contribution in [0.2, 0.25) is 0 Å². The van der Waals surface area contributed by atoms with Crippen molar-refractivity contribution in [2.75, 3.05) is 0 Å². The van der Waals surface area contributed by atoms with Gasteiger partial charge in [0.05, 0.1) is 12.1 Å². The van der Waals surface area contributed by atoms with Crippen LogP contribution in [0.1, 0.15) is 38.8 Å². The molecule has 0 aliphatic carbocycles. The van der Waals surface area contributed by atoms with E-state index in [1.54, 1.807) is 52.0 Å². The van der Waals surface area contributed by atoms with Crippen molar-refractivity contribution in [3.63, 3.8) is 0 Å². The molecule has 0 saturated carbocycles. The predicted molar refractivity (Wildman–Crippen MR) is 144 cm³/mol. The van der Waals surface area contributed by atoms with Crippen LogP contribution in [-0.4, -0.2) is 58.1 Å². The highest BCUT2D eigenvalue weighted by Crippen LogP contribution is 2.15. The fraction of sp³-hybridized carbons (Fsp3) is 0.429. The minimum absolute atomic E-state index is 0.0198. The molecule has 0 aliphatic heterocycles. The zero-order valence-electron chi connectivity index (χ0n) is 22.6. The van der Waals surface area contributed by atoms with Crippen molar-refractivity contribution in [1.82, 2.24) is 10.6 Å². The molecule has 11 heteroatoms. The standard InChI is InChI=1S/C28H38N4O7/c1-15(2)23(29)25(35)31-21(13-17-5-9-19(33)10-6-17)27(37)39-28(38)22(32-26(36)24(30)16(3)4)14-18-7-11-20(34)12-8-18/h5-12,15-16,21-24,33-34H,13-14,29-30H2,1-4H3,(H,31,35)(H,32,36)/t21-,22-,23-,24-/m0/s1. The monoisotopic (exact) mass is 542 g/mol. The lowest BCUT2D eigenvalue weighted by Gasteiger charge is -2.24. The lowest BCUT2D eigenvalue weighted by Crippen LogP contribution is -2.54. The molecular formula is C28H38N4O7. The third-order valence-corrected chi connectivity index (χ3v) is 6.20. The molecule has 0 aromatic heterocycles. The molecular weight excluding hydrogens is 504 g/mol. The smallest absolute Gasteiger partial charge is 0.336 e. The number of hydrogen-bond acceptors (Lipinski definition) is 9. The third kappa shape index (κ3) is 9.69. The van der Waals surface area contributed by atoms with E-state index in [1.807, 2.05) is 0 Å². The first-order valence-electron chi connectivity index (χ1n) is 12.7. The number of nitrogens with two attached hydrogens (primary N) is 2. The zero-order valence-corrected chi connectivity index (χ0v) is 22.6. The Morgan fingerprint density at radius 2 is 0.974 bits per heavy atom. The van der Waals surface area contributed by atoms with E-state index in [4.69, 9.17) is 16.2 Å². The normalized spacial score (nSPS) is 14.3. The van der Waals surface area contributed by atoms with Crippen molar-refractivity contribution in [1.29, 1.82) is 0 Å². The van der Waals surface area contributed by atoms with E-state index in [0.717, 1.165) is 0 Å². The Kier molecular flexibility index (Phi) is 11.4. The van der Waals surface area contributed by atoms with Crippen LogP contribution in [-0.2, 0) is 36.8 Å². The second-order valence-electron chi connectivity index (χ2n) is 10.1. The molecule has 2 amide bonds. The molecule has 0 heterocycles. The molecule has 0 unspecified atom stereocenters. The first-order chi connectivity index (χ1) is 18.3. The van der Waals surface area contributed by atoms with E-state index in [9.17, 15) is 29.4 Å². The van der Waals surface area contributed by atoms with Crippen LogP contribution < -0.4 is 22.1 Å². The van der Waals surface area contributed by atoms with Crippen molar-refractivity contribution < 1.29 is 34.1 Å². The lowest BCUT2D eigenvalue weighted by atomic mass is 10.0. The summed E-state index contributed by atoms with van der Waals surface area (Å²) in [5.41, 5.74) is 13.0. The van der Waals surface area contributed by atoms with Crippen LogP contribution >= 0.6 is 0 Å². The van der Waals surface area contributed by atoms with Gasteiger partial charge in [-0.05, 0) is 47.2 Å². The quantitative estimate of drug-likeness (QED) is 0.167. The molecule has 0 fully saturated rings. The van der Waals surface area contributed by atoms with Crippen molar-refractivity contribution in [3.05, 3.63) is 59.7 Å². The van der Waals surface area contributed by atoms with Crippen LogP contribution in [0, 0.1) is 11.8 Å². The summed E-state index contributed by atoms with van der Waals surface area (Å²) >= 11 is 0. The molecule has 39 heavy (non-hydrogen) atoms. The highest BCUT2D eigenvalue weighted by atomic mass is 16.6. The largest absolute Gasteiger partial charge is 0.508 e. The summed E-state index contributed by atoms with van der Waals surface area (Å²) in [6.07, 6.45) is -0.0910. The van der Waals surface area contributed by atoms with Crippen molar-refractivity contribution in [2.24, 2.45) is 23.3 Å². The van der Waals surface area contributed by atoms with Gasteiger partial charge in [-0.25, -0.2) is 9.59 Å². The minimum Gasteiger partial charge on any atom is -0.508 e. The van der Waals surface area contributed by atoms with Gasteiger partial charge in [-0.1, -0.05) is 52.0 Å². The maximum Gasteiger partial charge on any atom is 0.336 e. The SMILES string of the molecule is CC(C)[C@H](N)C(=O)N[C@@H](Cc1ccc(O)cc1)C(=O)OC(=O)[C@H](Cc1ccc(O)cc1)NC(=O)[C@@H](N)C(C)C. The Morgan fingerprint density at radius 1 is 0.667 bits per heavy atom. The number of benzene rings is 2. The van der Waals surface area contributed by atoms with Crippen LogP contribution in [0.25, 0.3) is 0 Å². The fourth-order valence-electron chi connectivity index (χ4n) is 3.50. The topological polar surface area (TPSA) is 194 Å². The molecule has 4 atom stereocenters. The van der Waals surface area contributed by atoms with E-state index in [1.165, 1.54) is 24.3 Å². The van der Waals surface area contributed by atoms with E-state index < -0.39 is 47.9 Å². The summed E-state index contributed by atoms with van der Waals surface area (Å²) in [5.74, 6) is -3.69. The highest BCUT2D eigenvalue weighted by molar-refractivity contribution is 5.96. The summed E-state index contributed by atoms with van der Waals surface area (Å²) in [7, 11) is 0. The number of carbonyl (C=O) groups excluding carboxylic acids is 4. The van der Waals surface area contributed by atoms with Gasteiger partial charge in [0, 0.05) is 12.8 Å². The Balaban J connectivity index is 2.27. The second-order valence-corrected chi connectivity index (χ2v) is 10.1. The summed E-state index contributed by atoms with van der Waals surface area (Å²) < 4.78 is 5.16. The van der Waals surface area contributed by atoms with Gasteiger partial charge in [0.1, 0.15) is 23.6 Å².